The lowest BCUT2D eigenvalue weighted by atomic mass is 10.0. The molecule has 0 aliphatic carbocycles. The van der Waals surface area contributed by atoms with Gasteiger partial charge in [-0.05, 0) is 116 Å². The molecule has 8 nitrogen and oxygen atoms in total. The first-order valence-electron chi connectivity index (χ1n) is 33.2. The molecule has 0 spiro atoms. The fourth-order valence-corrected chi connectivity index (χ4v) is 9.63. The minimum atomic E-state index is -4.39. The fraction of sp³-hybridized carbons (Fsp3) is 0.658. The zero-order valence-corrected chi connectivity index (χ0v) is 54.3. The molecule has 9 heteroatoms. The average Bonchev–Trinajstić information content (AvgIpc) is 3.47. The van der Waals surface area contributed by atoms with Gasteiger partial charge in [0.05, 0.1) is 39.9 Å². The molecule has 0 aliphatic rings. The highest BCUT2D eigenvalue weighted by atomic mass is 31.2. The number of rotatable bonds is 59. The van der Waals surface area contributed by atoms with Gasteiger partial charge in [0.25, 0.3) is 0 Å². The Labute approximate surface area is 506 Å². The van der Waals surface area contributed by atoms with Crippen LogP contribution in [0.4, 0.5) is 0 Å². The second-order valence-corrected chi connectivity index (χ2v) is 24.5. The third-order valence-corrected chi connectivity index (χ3v) is 15.0. The van der Waals surface area contributed by atoms with Crippen LogP contribution < -0.4 is 5.32 Å². The van der Waals surface area contributed by atoms with Crippen LogP contribution in [0.15, 0.2) is 146 Å². The summed E-state index contributed by atoms with van der Waals surface area (Å²) in [6.07, 6.45) is 95.6. The van der Waals surface area contributed by atoms with Gasteiger partial charge in [0.2, 0.25) is 5.91 Å². The van der Waals surface area contributed by atoms with Gasteiger partial charge in [0.1, 0.15) is 13.2 Å². The van der Waals surface area contributed by atoms with Crippen molar-refractivity contribution < 1.29 is 32.9 Å². The molecule has 0 aromatic heterocycles. The van der Waals surface area contributed by atoms with Gasteiger partial charge in [-0.3, -0.25) is 13.8 Å². The number of carbonyl (C=O) groups is 1. The topological polar surface area (TPSA) is 105 Å². The Morgan fingerprint density at radius 2 is 0.744 bits per heavy atom. The molecular weight excluding hydrogens is 1030 g/mol. The first kappa shape index (κ1) is 78.4. The van der Waals surface area contributed by atoms with Crippen molar-refractivity contribution in [3.05, 3.63) is 146 Å². The first-order chi connectivity index (χ1) is 40.0. The predicted octanol–water partition coefficient (Wildman–Crippen LogP) is 21.2. The number of hydrogen-bond donors (Lipinski definition) is 3. The summed E-state index contributed by atoms with van der Waals surface area (Å²) in [6.45, 7) is 4.65. The minimum Gasteiger partial charge on any atom is -0.387 e. The molecule has 1 amide bonds. The van der Waals surface area contributed by atoms with E-state index in [1.165, 1.54) is 128 Å². The van der Waals surface area contributed by atoms with Gasteiger partial charge in [0.15, 0.2) is 0 Å². The second-order valence-electron chi connectivity index (χ2n) is 23.1. The summed E-state index contributed by atoms with van der Waals surface area (Å²) in [4.78, 5) is 23.4. The summed E-state index contributed by atoms with van der Waals surface area (Å²) in [5, 5.41) is 13.9. The van der Waals surface area contributed by atoms with E-state index in [1.54, 1.807) is 6.08 Å². The smallest absolute Gasteiger partial charge is 0.387 e. The highest BCUT2D eigenvalue weighted by Crippen LogP contribution is 2.43. The molecule has 0 rings (SSSR count). The molecule has 468 valence electrons. The second kappa shape index (κ2) is 61.9. The highest BCUT2D eigenvalue weighted by Gasteiger charge is 2.27. The fourth-order valence-electron chi connectivity index (χ4n) is 8.89. The molecule has 0 heterocycles. The van der Waals surface area contributed by atoms with Crippen LogP contribution in [0, 0.1) is 0 Å². The van der Waals surface area contributed by atoms with Crippen molar-refractivity contribution in [3.8, 4) is 0 Å². The van der Waals surface area contributed by atoms with E-state index in [0.717, 1.165) is 103 Å². The van der Waals surface area contributed by atoms with Crippen molar-refractivity contribution in [2.75, 3.05) is 40.9 Å². The van der Waals surface area contributed by atoms with E-state index < -0.39 is 20.0 Å². The molecule has 0 saturated heterocycles. The Bertz CT molecular complexity index is 1840. The van der Waals surface area contributed by atoms with Crippen LogP contribution >= 0.6 is 7.82 Å². The van der Waals surface area contributed by atoms with E-state index in [2.05, 4.69) is 153 Å². The molecule has 82 heavy (non-hydrogen) atoms. The molecule has 0 aliphatic heterocycles. The van der Waals surface area contributed by atoms with Crippen molar-refractivity contribution in [3.63, 3.8) is 0 Å². The van der Waals surface area contributed by atoms with Crippen LogP contribution in [0.1, 0.15) is 258 Å². The number of hydrogen-bond acceptors (Lipinski definition) is 5. The molecule has 3 unspecified atom stereocenters. The van der Waals surface area contributed by atoms with Gasteiger partial charge in [0, 0.05) is 6.42 Å². The number of nitrogens with one attached hydrogen (secondary N) is 1. The van der Waals surface area contributed by atoms with E-state index in [0.29, 0.717) is 23.9 Å². The van der Waals surface area contributed by atoms with Crippen LogP contribution in [-0.4, -0.2) is 73.4 Å². The van der Waals surface area contributed by atoms with Crippen LogP contribution in [0.2, 0.25) is 0 Å². The van der Waals surface area contributed by atoms with Gasteiger partial charge >= 0.3 is 7.82 Å². The number of nitrogens with zero attached hydrogens (tertiary/aromatic N) is 1. The molecule has 0 bridgehead atoms. The Morgan fingerprint density at radius 3 is 1.12 bits per heavy atom. The van der Waals surface area contributed by atoms with Gasteiger partial charge in [-0.2, -0.15) is 0 Å². The largest absolute Gasteiger partial charge is 0.472 e. The summed E-state index contributed by atoms with van der Waals surface area (Å²) >= 11 is 0. The van der Waals surface area contributed by atoms with Crippen LogP contribution in [0.5, 0.6) is 0 Å². The van der Waals surface area contributed by atoms with Crippen molar-refractivity contribution in [1.82, 2.24) is 5.32 Å². The zero-order valence-electron chi connectivity index (χ0n) is 53.4. The Morgan fingerprint density at radius 1 is 0.427 bits per heavy atom. The monoisotopic (exact) mass is 1160 g/mol. The van der Waals surface area contributed by atoms with Crippen molar-refractivity contribution in [2.45, 2.75) is 270 Å². The first-order valence-corrected chi connectivity index (χ1v) is 34.7. The standard InChI is InChI=1S/C73H125N2O6P/c1-6-8-10-12-14-16-18-20-22-24-26-28-30-32-34-36-37-39-41-43-45-47-49-51-53-55-57-59-61-63-65-67-73(77)74-71(70-81-82(78,79)80-69-68-75(3,4)5)72(76)66-64-62-60-58-56-54-52-50-48-46-44-42-40-38-35-33-31-29-27-25-23-21-19-17-15-13-11-9-7-2/h8,10,14,16,20,22,26,28,32,34,37,39,43,45,48-51,55-58,64,66,71-72,76H,6-7,9,11-13,15,17-19,21,23-25,27,29-31,33,35-36,38,40-42,44,46-47,52-54,59-63,65,67-70H2,1-5H3,(H-,74,77,78,79)/p+1/b10-8-,16-14-,22-20-,28-26-,34-32-,39-37-,45-43-,50-48+,51-49-,57-55-,58-56+,66-64+. The SMILES string of the molecule is CC/C=C\C/C=C\C/C=C\C/C=C\C/C=C\C/C=C\C/C=C\C/C=C\C/C=C\CCCCCC(=O)NC(COP(=O)(O)OCC[N+](C)(C)C)C(O)/C=C/CC/C=C/CC/C=C/CCCCCCCCCCCCCCCCCCCCC. The number of phosphoric ester groups is 1. The molecule has 3 N–H and O–H groups in total. The third-order valence-electron chi connectivity index (χ3n) is 14.0. The number of amides is 1. The lowest BCUT2D eigenvalue weighted by Crippen LogP contribution is -2.45. The van der Waals surface area contributed by atoms with Gasteiger partial charge in [-0.25, -0.2) is 4.57 Å². The normalized spacial score (nSPS) is 14.7. The summed E-state index contributed by atoms with van der Waals surface area (Å²) in [6, 6.07) is -0.901. The van der Waals surface area contributed by atoms with E-state index >= 15 is 0 Å². The number of likely N-dealkylation sites (N-methyl/N-ethyl adjacent to an activating group) is 1. The molecule has 0 aromatic rings. The molecule has 0 radical (unpaired) electrons. The van der Waals surface area contributed by atoms with Crippen LogP contribution in [-0.2, 0) is 18.4 Å². The average molecular weight is 1160 g/mol. The summed E-state index contributed by atoms with van der Waals surface area (Å²) < 4.78 is 23.7. The number of aliphatic hydroxyl groups excluding tert-OH is 1. The van der Waals surface area contributed by atoms with Gasteiger partial charge < -0.3 is 19.8 Å². The van der Waals surface area contributed by atoms with Crippen molar-refractivity contribution in [2.24, 2.45) is 0 Å². The van der Waals surface area contributed by atoms with Crippen molar-refractivity contribution in [1.29, 1.82) is 0 Å². The minimum absolute atomic E-state index is 0.0382. The maximum atomic E-state index is 13.0. The maximum absolute atomic E-state index is 13.0. The number of allylic oxidation sites excluding steroid dienone is 23. The van der Waals surface area contributed by atoms with Crippen LogP contribution in [0.3, 0.4) is 0 Å². The van der Waals surface area contributed by atoms with Gasteiger partial charge in [-0.1, -0.05) is 282 Å². The Hall–Kier alpha value is -3.62. The highest BCUT2D eigenvalue weighted by molar-refractivity contribution is 7.47. The third kappa shape index (κ3) is 64.0. The predicted molar refractivity (Wildman–Crippen MR) is 359 cm³/mol. The lowest BCUT2D eigenvalue weighted by molar-refractivity contribution is -0.870. The van der Waals surface area contributed by atoms with Crippen LogP contribution in [0.25, 0.3) is 0 Å². The molecule has 0 aromatic carbocycles. The quantitative estimate of drug-likeness (QED) is 0.0243. The summed E-state index contributed by atoms with van der Waals surface area (Å²) in [5.74, 6) is -0.227. The number of quaternary nitrogens is 1. The van der Waals surface area contributed by atoms with E-state index in [4.69, 9.17) is 9.05 Å². The number of unbranched alkanes of at least 4 members (excludes halogenated alkanes) is 24. The summed E-state index contributed by atoms with van der Waals surface area (Å²) in [5.41, 5.74) is 0. The zero-order chi connectivity index (χ0) is 59.8. The van der Waals surface area contributed by atoms with Crippen molar-refractivity contribution >= 4 is 13.7 Å². The number of aliphatic hydroxyl groups is 1. The van der Waals surface area contributed by atoms with E-state index in [-0.39, 0.29) is 19.1 Å². The molecule has 0 saturated carbocycles. The van der Waals surface area contributed by atoms with Gasteiger partial charge in [-0.15, -0.1) is 0 Å². The molecule has 3 atom stereocenters. The Kier molecular flexibility index (Phi) is 59.2. The molecule has 0 fully saturated rings. The summed E-state index contributed by atoms with van der Waals surface area (Å²) in [7, 11) is 1.50. The number of carbonyl (C=O) groups excluding carboxylic acids is 1. The number of phosphoric acid groups is 1. The molecular formula is C73H126N2O6P+. The Balaban J connectivity index is 4.32. The van der Waals surface area contributed by atoms with E-state index in [9.17, 15) is 19.4 Å². The maximum Gasteiger partial charge on any atom is 0.472 e. The lowest BCUT2D eigenvalue weighted by Gasteiger charge is -2.25. The van der Waals surface area contributed by atoms with E-state index in [1.807, 2.05) is 27.2 Å².